The van der Waals surface area contributed by atoms with Gasteiger partial charge in [-0.25, -0.2) is 4.39 Å². The van der Waals surface area contributed by atoms with E-state index >= 15 is 0 Å². The van der Waals surface area contributed by atoms with Crippen LogP contribution in [0.1, 0.15) is 21.5 Å². The van der Waals surface area contributed by atoms with Gasteiger partial charge in [-0.2, -0.15) is 5.26 Å². The Bertz CT molecular complexity index is 925. The molecule has 0 bridgehead atoms. The topological polar surface area (TPSA) is 52.9 Å². The Labute approximate surface area is 143 Å². The van der Waals surface area contributed by atoms with Gasteiger partial charge in [-0.1, -0.05) is 48.2 Å². The standard InChI is InChI=1S/C19H13FN2OS/c1-12-6-2-3-7-13(12)17-11-24-19(22-17)15(10-21)18(23)14-8-4-5-9-16(14)20/h2-9,11,22H,1H3/b19-15+. The van der Waals surface area contributed by atoms with E-state index in [4.69, 9.17) is 0 Å². The summed E-state index contributed by atoms with van der Waals surface area (Å²) in [7, 11) is 0. The monoisotopic (exact) mass is 336 g/mol. The van der Waals surface area contributed by atoms with E-state index < -0.39 is 11.6 Å². The Hall–Kier alpha value is -2.84. The summed E-state index contributed by atoms with van der Waals surface area (Å²) in [5, 5.41) is 14.8. The molecule has 0 spiro atoms. The lowest BCUT2D eigenvalue weighted by molar-refractivity contribution is 0.103. The quantitative estimate of drug-likeness (QED) is 0.513. The Kier molecular flexibility index (Phi) is 4.50. The smallest absolute Gasteiger partial charge is 0.209 e. The molecule has 1 heterocycles. The Morgan fingerprint density at radius 1 is 1.17 bits per heavy atom. The molecule has 5 heteroatoms. The van der Waals surface area contributed by atoms with Gasteiger partial charge in [0, 0.05) is 11.0 Å². The van der Waals surface area contributed by atoms with Crippen molar-refractivity contribution in [3.63, 3.8) is 0 Å². The molecule has 0 atom stereocenters. The summed E-state index contributed by atoms with van der Waals surface area (Å²) in [6, 6.07) is 15.4. The second kappa shape index (κ2) is 6.73. The van der Waals surface area contributed by atoms with Crippen molar-refractivity contribution in [2.75, 3.05) is 0 Å². The molecule has 0 aliphatic carbocycles. The SMILES string of the molecule is Cc1ccccc1C1=CS/C(=C(\C#N)C(=O)c2ccccc2F)N1. The number of carbonyl (C=O) groups is 1. The third-order valence-electron chi connectivity index (χ3n) is 3.66. The van der Waals surface area contributed by atoms with Crippen molar-refractivity contribution in [3.05, 3.63) is 87.0 Å². The van der Waals surface area contributed by atoms with Gasteiger partial charge in [-0.3, -0.25) is 4.79 Å². The van der Waals surface area contributed by atoms with Crippen LogP contribution in [0.15, 0.2) is 64.5 Å². The van der Waals surface area contributed by atoms with Gasteiger partial charge >= 0.3 is 0 Å². The van der Waals surface area contributed by atoms with Crippen molar-refractivity contribution in [1.82, 2.24) is 5.32 Å². The average molecular weight is 336 g/mol. The molecule has 1 aliphatic heterocycles. The van der Waals surface area contributed by atoms with Gasteiger partial charge in [0.1, 0.15) is 17.5 Å². The molecule has 0 aromatic heterocycles. The second-order valence-electron chi connectivity index (χ2n) is 5.21. The number of nitrogens with one attached hydrogen (secondary N) is 1. The van der Waals surface area contributed by atoms with E-state index in [9.17, 15) is 14.4 Å². The molecule has 0 unspecified atom stereocenters. The number of thioether (sulfide) groups is 1. The summed E-state index contributed by atoms with van der Waals surface area (Å²) < 4.78 is 13.8. The summed E-state index contributed by atoms with van der Waals surface area (Å²) in [5.74, 6) is -1.25. The molecule has 0 fully saturated rings. The minimum absolute atomic E-state index is 0.0927. The van der Waals surface area contributed by atoms with Crippen LogP contribution in [-0.4, -0.2) is 5.78 Å². The van der Waals surface area contributed by atoms with Crippen LogP contribution in [0.4, 0.5) is 4.39 Å². The van der Waals surface area contributed by atoms with Crippen LogP contribution < -0.4 is 5.32 Å². The number of nitriles is 1. The first-order chi connectivity index (χ1) is 11.6. The Morgan fingerprint density at radius 2 is 1.88 bits per heavy atom. The van der Waals surface area contributed by atoms with E-state index in [0.717, 1.165) is 16.8 Å². The summed E-state index contributed by atoms with van der Waals surface area (Å²) in [6.07, 6.45) is 0. The Balaban J connectivity index is 1.93. The van der Waals surface area contributed by atoms with Crippen molar-refractivity contribution >= 4 is 23.2 Å². The molecule has 24 heavy (non-hydrogen) atoms. The molecular weight excluding hydrogens is 323 g/mol. The molecule has 1 N–H and O–H groups in total. The predicted octanol–water partition coefficient (Wildman–Crippen LogP) is 4.39. The highest BCUT2D eigenvalue weighted by atomic mass is 32.2. The van der Waals surface area contributed by atoms with E-state index in [0.29, 0.717) is 5.03 Å². The van der Waals surface area contributed by atoms with Gasteiger partial charge in [0.25, 0.3) is 0 Å². The number of benzene rings is 2. The van der Waals surface area contributed by atoms with Gasteiger partial charge in [0.05, 0.1) is 16.3 Å². The highest BCUT2D eigenvalue weighted by molar-refractivity contribution is 8.06. The number of hydrogen-bond acceptors (Lipinski definition) is 4. The van der Waals surface area contributed by atoms with E-state index in [-0.39, 0.29) is 11.1 Å². The molecule has 1 aliphatic rings. The number of hydrogen-bond donors (Lipinski definition) is 1. The zero-order valence-corrected chi connectivity index (χ0v) is 13.7. The number of nitrogens with zero attached hydrogens (tertiary/aromatic N) is 1. The van der Waals surface area contributed by atoms with Gasteiger partial charge in [0.2, 0.25) is 5.78 Å². The lowest BCUT2D eigenvalue weighted by Gasteiger charge is -2.09. The van der Waals surface area contributed by atoms with E-state index in [1.807, 2.05) is 42.7 Å². The number of halogens is 1. The number of aryl methyl sites for hydroxylation is 1. The van der Waals surface area contributed by atoms with Gasteiger partial charge in [0.15, 0.2) is 0 Å². The fourth-order valence-corrected chi connectivity index (χ4v) is 3.26. The summed E-state index contributed by atoms with van der Waals surface area (Å²) in [4.78, 5) is 12.5. The maximum absolute atomic E-state index is 13.8. The van der Waals surface area contributed by atoms with Crippen LogP contribution in [0.2, 0.25) is 0 Å². The molecule has 118 valence electrons. The van der Waals surface area contributed by atoms with Crippen LogP contribution in [0, 0.1) is 24.1 Å². The molecule has 0 saturated heterocycles. The first kappa shape index (κ1) is 16.0. The number of rotatable bonds is 3. The summed E-state index contributed by atoms with van der Waals surface area (Å²) in [5.41, 5.74) is 2.70. The molecular formula is C19H13FN2OS. The summed E-state index contributed by atoms with van der Waals surface area (Å²) in [6.45, 7) is 1.99. The highest BCUT2D eigenvalue weighted by Gasteiger charge is 2.24. The lowest BCUT2D eigenvalue weighted by atomic mass is 10.0. The van der Waals surface area contributed by atoms with Gasteiger partial charge < -0.3 is 5.32 Å². The van der Waals surface area contributed by atoms with Gasteiger partial charge in [-0.05, 0) is 24.6 Å². The van der Waals surface area contributed by atoms with Gasteiger partial charge in [-0.15, -0.1) is 0 Å². The van der Waals surface area contributed by atoms with Crippen LogP contribution in [0.25, 0.3) is 5.70 Å². The normalized spacial score (nSPS) is 15.3. The second-order valence-corrected chi connectivity index (χ2v) is 6.09. The zero-order valence-electron chi connectivity index (χ0n) is 12.8. The number of ketones is 1. The molecule has 2 aromatic rings. The molecule has 0 amide bonds. The fraction of sp³-hybridized carbons (Fsp3) is 0.0526. The molecule has 0 saturated carbocycles. The van der Waals surface area contributed by atoms with Crippen LogP contribution in [0.3, 0.4) is 0 Å². The third kappa shape index (κ3) is 2.97. The predicted molar refractivity (Wildman–Crippen MR) is 93.3 cm³/mol. The maximum atomic E-state index is 13.8. The van der Waals surface area contributed by atoms with Crippen molar-refractivity contribution < 1.29 is 9.18 Å². The summed E-state index contributed by atoms with van der Waals surface area (Å²) >= 11 is 1.26. The average Bonchev–Trinajstić information content (AvgIpc) is 3.05. The van der Waals surface area contributed by atoms with Crippen LogP contribution in [0.5, 0.6) is 0 Å². The first-order valence-electron chi connectivity index (χ1n) is 7.25. The van der Waals surface area contributed by atoms with Crippen molar-refractivity contribution in [3.8, 4) is 6.07 Å². The molecule has 0 radical (unpaired) electrons. The van der Waals surface area contributed by atoms with E-state index in [1.165, 1.54) is 30.0 Å². The highest BCUT2D eigenvalue weighted by Crippen LogP contribution is 2.34. The van der Waals surface area contributed by atoms with Crippen molar-refractivity contribution in [2.45, 2.75) is 6.92 Å². The minimum Gasteiger partial charge on any atom is -0.348 e. The fourth-order valence-electron chi connectivity index (χ4n) is 2.41. The van der Waals surface area contributed by atoms with E-state index in [2.05, 4.69) is 5.32 Å². The van der Waals surface area contributed by atoms with Crippen molar-refractivity contribution in [1.29, 1.82) is 5.26 Å². The molecule has 3 nitrogen and oxygen atoms in total. The minimum atomic E-state index is -0.633. The third-order valence-corrected chi connectivity index (χ3v) is 4.56. The first-order valence-corrected chi connectivity index (χ1v) is 8.13. The molecule has 3 rings (SSSR count). The van der Waals surface area contributed by atoms with Crippen molar-refractivity contribution in [2.24, 2.45) is 0 Å². The number of carbonyl (C=O) groups excluding carboxylic acids is 1. The van der Waals surface area contributed by atoms with Crippen LogP contribution in [-0.2, 0) is 0 Å². The number of allylic oxidation sites excluding steroid dienone is 1. The van der Waals surface area contributed by atoms with E-state index in [1.54, 1.807) is 6.07 Å². The largest absolute Gasteiger partial charge is 0.348 e. The maximum Gasteiger partial charge on any atom is 0.209 e. The number of Topliss-reactive ketones (excluding diaryl/α,β-unsaturated/α-hetero) is 1. The van der Waals surface area contributed by atoms with Crippen LogP contribution >= 0.6 is 11.8 Å². The zero-order chi connectivity index (χ0) is 17.1. The lowest BCUT2D eigenvalue weighted by Crippen LogP contribution is -2.13. The molecule has 2 aromatic carbocycles. The Morgan fingerprint density at radius 3 is 2.58 bits per heavy atom.